The maximum Gasteiger partial charge on any atom is 0.196 e. The number of nitrogens with zero attached hydrogens (tertiary/aromatic N) is 5. The lowest BCUT2D eigenvalue weighted by Gasteiger charge is -2.11. The number of aromatic nitrogens is 6. The number of aromatic amines is 1. The van der Waals surface area contributed by atoms with E-state index in [1.165, 1.54) is 0 Å². The van der Waals surface area contributed by atoms with Gasteiger partial charge < -0.3 is 5.32 Å². The first kappa shape index (κ1) is 13.4. The molecule has 2 heterocycles. The van der Waals surface area contributed by atoms with Crippen LogP contribution in [0, 0.1) is 0 Å². The molecule has 21 heavy (non-hydrogen) atoms. The number of H-pyrrole nitrogens is 1. The molecule has 2 aromatic heterocycles. The molecule has 7 nitrogen and oxygen atoms in total. The van der Waals surface area contributed by atoms with Gasteiger partial charge in [-0.15, -0.1) is 10.2 Å². The Morgan fingerprint density at radius 3 is 2.71 bits per heavy atom. The third-order valence-corrected chi connectivity index (χ3v) is 3.03. The van der Waals surface area contributed by atoms with E-state index in [9.17, 15) is 0 Å². The highest BCUT2D eigenvalue weighted by atomic mass is 35.5. The first-order chi connectivity index (χ1) is 10.2. The lowest BCUT2D eigenvalue weighted by atomic mass is 10.2. The SMILES string of the molecule is CC(Nc1cc(Cl)nc(-c2ccccc2)n1)c1nn[nH]n1. The van der Waals surface area contributed by atoms with Crippen LogP contribution in [0.2, 0.25) is 5.15 Å². The van der Waals surface area contributed by atoms with Crippen molar-refractivity contribution in [2.45, 2.75) is 13.0 Å². The second-order valence-corrected chi connectivity index (χ2v) is 4.79. The maximum absolute atomic E-state index is 6.07. The van der Waals surface area contributed by atoms with Crippen LogP contribution in [0.1, 0.15) is 18.8 Å². The quantitative estimate of drug-likeness (QED) is 0.719. The highest BCUT2D eigenvalue weighted by Gasteiger charge is 2.12. The minimum absolute atomic E-state index is 0.154. The Morgan fingerprint density at radius 2 is 2.00 bits per heavy atom. The van der Waals surface area contributed by atoms with Crippen molar-refractivity contribution in [3.63, 3.8) is 0 Å². The molecule has 0 saturated carbocycles. The number of hydrogen-bond acceptors (Lipinski definition) is 6. The van der Waals surface area contributed by atoms with Gasteiger partial charge in [0, 0.05) is 11.6 Å². The molecule has 0 aliphatic carbocycles. The van der Waals surface area contributed by atoms with Crippen LogP contribution in [-0.2, 0) is 0 Å². The van der Waals surface area contributed by atoms with E-state index in [4.69, 9.17) is 11.6 Å². The molecule has 3 aromatic rings. The number of nitrogens with one attached hydrogen (secondary N) is 2. The molecule has 0 aliphatic heterocycles. The number of rotatable bonds is 4. The predicted molar refractivity (Wildman–Crippen MR) is 78.7 cm³/mol. The highest BCUT2D eigenvalue weighted by molar-refractivity contribution is 6.29. The Bertz CT molecular complexity index is 715. The smallest absolute Gasteiger partial charge is 0.196 e. The molecule has 0 aliphatic rings. The summed E-state index contributed by atoms with van der Waals surface area (Å²) < 4.78 is 0. The zero-order chi connectivity index (χ0) is 14.7. The van der Waals surface area contributed by atoms with Crippen molar-refractivity contribution in [2.24, 2.45) is 0 Å². The molecular formula is C13H12ClN7. The van der Waals surface area contributed by atoms with Gasteiger partial charge in [-0.05, 0) is 6.92 Å². The second-order valence-electron chi connectivity index (χ2n) is 4.40. The van der Waals surface area contributed by atoms with E-state index < -0.39 is 0 Å². The summed E-state index contributed by atoms with van der Waals surface area (Å²) in [5, 5.41) is 17.3. The third-order valence-electron chi connectivity index (χ3n) is 2.84. The monoisotopic (exact) mass is 301 g/mol. The van der Waals surface area contributed by atoms with Gasteiger partial charge in [-0.2, -0.15) is 5.21 Å². The Balaban J connectivity index is 1.88. The maximum atomic E-state index is 6.07. The van der Waals surface area contributed by atoms with E-state index in [1.54, 1.807) is 6.07 Å². The fraction of sp³-hybridized carbons (Fsp3) is 0.154. The van der Waals surface area contributed by atoms with Gasteiger partial charge >= 0.3 is 0 Å². The first-order valence-corrected chi connectivity index (χ1v) is 6.70. The lowest BCUT2D eigenvalue weighted by molar-refractivity contribution is 0.787. The molecule has 1 atom stereocenters. The molecule has 0 radical (unpaired) electrons. The minimum atomic E-state index is -0.154. The summed E-state index contributed by atoms with van der Waals surface area (Å²) in [6.07, 6.45) is 0. The van der Waals surface area contributed by atoms with Crippen molar-refractivity contribution in [1.82, 2.24) is 30.6 Å². The van der Waals surface area contributed by atoms with Crippen LogP contribution in [-0.4, -0.2) is 30.6 Å². The number of hydrogen-bond donors (Lipinski definition) is 2. The Kier molecular flexibility index (Phi) is 3.74. The van der Waals surface area contributed by atoms with Gasteiger partial charge in [-0.1, -0.05) is 47.1 Å². The molecule has 3 rings (SSSR count). The van der Waals surface area contributed by atoms with E-state index in [2.05, 4.69) is 35.9 Å². The Labute approximate surface area is 125 Å². The van der Waals surface area contributed by atoms with Gasteiger partial charge in [-0.3, -0.25) is 0 Å². The van der Waals surface area contributed by atoms with Crippen molar-refractivity contribution in [3.8, 4) is 11.4 Å². The molecule has 0 bridgehead atoms. The third kappa shape index (κ3) is 3.14. The normalized spacial score (nSPS) is 12.1. The van der Waals surface area contributed by atoms with E-state index in [-0.39, 0.29) is 6.04 Å². The fourth-order valence-electron chi connectivity index (χ4n) is 1.85. The zero-order valence-corrected chi connectivity index (χ0v) is 11.9. The molecule has 1 unspecified atom stereocenters. The number of halogens is 1. The molecular weight excluding hydrogens is 290 g/mol. The summed E-state index contributed by atoms with van der Waals surface area (Å²) in [4.78, 5) is 8.70. The summed E-state index contributed by atoms with van der Waals surface area (Å²) in [7, 11) is 0. The molecule has 0 fully saturated rings. The summed E-state index contributed by atoms with van der Waals surface area (Å²) >= 11 is 6.07. The molecule has 2 N–H and O–H groups in total. The van der Waals surface area contributed by atoms with Crippen LogP contribution >= 0.6 is 11.6 Å². The molecule has 0 saturated heterocycles. The van der Waals surface area contributed by atoms with Gasteiger partial charge in [0.25, 0.3) is 0 Å². The summed E-state index contributed by atoms with van der Waals surface area (Å²) in [6.45, 7) is 1.91. The molecule has 106 valence electrons. The Morgan fingerprint density at radius 1 is 1.19 bits per heavy atom. The summed E-state index contributed by atoms with van der Waals surface area (Å²) in [5.41, 5.74) is 0.898. The topological polar surface area (TPSA) is 92.3 Å². The van der Waals surface area contributed by atoms with Gasteiger partial charge in [0.1, 0.15) is 11.0 Å². The summed E-state index contributed by atoms with van der Waals surface area (Å²) in [5.74, 6) is 1.71. The zero-order valence-electron chi connectivity index (χ0n) is 11.2. The van der Waals surface area contributed by atoms with Gasteiger partial charge in [-0.25, -0.2) is 9.97 Å². The van der Waals surface area contributed by atoms with Gasteiger partial charge in [0.2, 0.25) is 0 Å². The fourth-order valence-corrected chi connectivity index (χ4v) is 2.03. The lowest BCUT2D eigenvalue weighted by Crippen LogP contribution is -2.10. The largest absolute Gasteiger partial charge is 0.360 e. The van der Waals surface area contributed by atoms with E-state index in [1.807, 2.05) is 37.3 Å². The molecule has 0 spiro atoms. The molecule has 8 heteroatoms. The van der Waals surface area contributed by atoms with Crippen LogP contribution in [0.3, 0.4) is 0 Å². The van der Waals surface area contributed by atoms with Crippen molar-refractivity contribution < 1.29 is 0 Å². The molecule has 1 aromatic carbocycles. The van der Waals surface area contributed by atoms with Crippen LogP contribution in [0.15, 0.2) is 36.4 Å². The van der Waals surface area contributed by atoms with Crippen molar-refractivity contribution in [3.05, 3.63) is 47.4 Å². The van der Waals surface area contributed by atoms with Crippen LogP contribution in [0.5, 0.6) is 0 Å². The second kappa shape index (κ2) is 5.84. The van der Waals surface area contributed by atoms with E-state index >= 15 is 0 Å². The molecule has 0 amide bonds. The van der Waals surface area contributed by atoms with Crippen molar-refractivity contribution in [1.29, 1.82) is 0 Å². The summed E-state index contributed by atoms with van der Waals surface area (Å²) in [6, 6.07) is 11.1. The minimum Gasteiger partial charge on any atom is -0.360 e. The van der Waals surface area contributed by atoms with E-state index in [0.29, 0.717) is 22.6 Å². The standard InChI is InChI=1S/C13H12ClN7/c1-8(12-18-20-21-19-12)15-11-7-10(14)16-13(17-11)9-5-3-2-4-6-9/h2-8H,1H3,(H,15,16,17)(H,18,19,20,21). The first-order valence-electron chi connectivity index (χ1n) is 6.32. The highest BCUT2D eigenvalue weighted by Crippen LogP contribution is 2.22. The Hall–Kier alpha value is -2.54. The number of tetrazole rings is 1. The average molecular weight is 302 g/mol. The van der Waals surface area contributed by atoms with Crippen molar-refractivity contribution >= 4 is 17.4 Å². The number of benzene rings is 1. The van der Waals surface area contributed by atoms with Crippen LogP contribution in [0.4, 0.5) is 5.82 Å². The van der Waals surface area contributed by atoms with Crippen molar-refractivity contribution in [2.75, 3.05) is 5.32 Å². The average Bonchev–Trinajstić information content (AvgIpc) is 3.02. The van der Waals surface area contributed by atoms with Crippen LogP contribution < -0.4 is 5.32 Å². The van der Waals surface area contributed by atoms with Crippen LogP contribution in [0.25, 0.3) is 11.4 Å². The van der Waals surface area contributed by atoms with Gasteiger partial charge in [0.15, 0.2) is 11.6 Å². The van der Waals surface area contributed by atoms with E-state index in [0.717, 1.165) is 5.56 Å². The predicted octanol–water partition coefficient (Wildman–Crippen LogP) is 2.48. The number of anilines is 1. The van der Waals surface area contributed by atoms with Gasteiger partial charge in [0.05, 0.1) is 6.04 Å².